The molecule has 0 aliphatic carbocycles. The molecule has 0 bridgehead atoms. The molecule has 0 aliphatic heterocycles. The first-order valence-corrected chi connectivity index (χ1v) is 16.0. The Morgan fingerprint density at radius 3 is 1.21 bits per heavy atom. The Kier molecular flexibility index (Phi) is 18.3. The maximum atomic E-state index is 6.83. The van der Waals surface area contributed by atoms with E-state index in [9.17, 15) is 0 Å². The van der Waals surface area contributed by atoms with Gasteiger partial charge in [-0.25, -0.2) is 0 Å². The molecule has 1 rings (SSSR count). The van der Waals surface area contributed by atoms with Crippen LogP contribution in [0.2, 0.25) is 0 Å². The average molecular weight is 496 g/mol. The van der Waals surface area contributed by atoms with Crippen molar-refractivity contribution in [2.24, 2.45) is 17.8 Å². The molecule has 198 valence electrons. The van der Waals surface area contributed by atoms with Crippen LogP contribution in [0.15, 0.2) is 30.3 Å². The molecule has 3 atom stereocenters. The number of hydrogen-bond acceptors (Lipinski definition) is 3. The van der Waals surface area contributed by atoms with E-state index < -0.39 is 7.94 Å². The summed E-state index contributed by atoms with van der Waals surface area (Å²) in [4.78, 5) is 0. The van der Waals surface area contributed by atoms with Gasteiger partial charge in [0.05, 0.1) is 0 Å². The predicted molar refractivity (Wildman–Crippen MR) is 151 cm³/mol. The summed E-state index contributed by atoms with van der Waals surface area (Å²) in [6.45, 7) is 15.8. The second-order valence-electron chi connectivity index (χ2n) is 9.97. The molecule has 0 aromatic heterocycles. The van der Waals surface area contributed by atoms with E-state index in [2.05, 4.69) is 71.9 Å². The Hall–Kier alpha value is -0.470. The van der Waals surface area contributed by atoms with Crippen molar-refractivity contribution in [2.45, 2.75) is 119 Å². The number of benzene rings is 1. The van der Waals surface area contributed by atoms with Gasteiger partial charge in [-0.2, -0.15) is 13.6 Å². The van der Waals surface area contributed by atoms with E-state index in [0.717, 1.165) is 44.4 Å². The minimum atomic E-state index is -2.65. The van der Waals surface area contributed by atoms with Crippen LogP contribution < -0.4 is 5.30 Å². The zero-order valence-corrected chi connectivity index (χ0v) is 24.3. The van der Waals surface area contributed by atoms with E-state index in [4.69, 9.17) is 13.6 Å². The third kappa shape index (κ3) is 12.0. The lowest BCUT2D eigenvalue weighted by Crippen LogP contribution is -2.26. The van der Waals surface area contributed by atoms with E-state index in [-0.39, 0.29) is 0 Å². The van der Waals surface area contributed by atoms with Crippen LogP contribution in [0.4, 0.5) is 0 Å². The third-order valence-corrected chi connectivity index (χ3v) is 9.54. The molecule has 0 saturated heterocycles. The lowest BCUT2D eigenvalue weighted by molar-refractivity contribution is 0.0979. The van der Waals surface area contributed by atoms with Gasteiger partial charge in [0.15, 0.2) is 5.30 Å². The SMILES string of the molecule is CCCCC(CC)CO[P+](OCC(CC)CCCC)(OCC(CC)CCCC)c1ccccc1. The zero-order valence-electron chi connectivity index (χ0n) is 23.4. The summed E-state index contributed by atoms with van der Waals surface area (Å²) < 4.78 is 20.5. The number of hydrogen-bond donors (Lipinski definition) is 0. The fourth-order valence-electron chi connectivity index (χ4n) is 4.25. The smallest absolute Gasteiger partial charge is 0.173 e. The Bertz CT molecular complexity index is 529. The van der Waals surface area contributed by atoms with Crippen LogP contribution in [0.3, 0.4) is 0 Å². The first kappa shape index (κ1) is 31.6. The molecule has 0 fully saturated rings. The summed E-state index contributed by atoms with van der Waals surface area (Å²) in [5, 5.41) is 1.09. The van der Waals surface area contributed by atoms with Crippen molar-refractivity contribution in [2.75, 3.05) is 19.8 Å². The number of rotatable bonds is 22. The maximum absolute atomic E-state index is 6.83. The Balaban J connectivity index is 3.16. The van der Waals surface area contributed by atoms with Crippen molar-refractivity contribution in [1.29, 1.82) is 0 Å². The topological polar surface area (TPSA) is 27.7 Å². The van der Waals surface area contributed by atoms with Gasteiger partial charge in [0, 0.05) is 0 Å². The van der Waals surface area contributed by atoms with Crippen molar-refractivity contribution in [1.82, 2.24) is 0 Å². The molecule has 0 saturated carbocycles. The first-order valence-electron chi connectivity index (χ1n) is 14.5. The Morgan fingerprint density at radius 2 is 0.912 bits per heavy atom. The van der Waals surface area contributed by atoms with E-state index in [1.165, 1.54) is 57.8 Å². The summed E-state index contributed by atoms with van der Waals surface area (Å²) in [6, 6.07) is 10.6. The van der Waals surface area contributed by atoms with Gasteiger partial charge < -0.3 is 0 Å². The van der Waals surface area contributed by atoms with Crippen LogP contribution in [0, 0.1) is 17.8 Å². The molecule has 0 aliphatic rings. The fraction of sp³-hybridized carbons (Fsp3) is 0.800. The Morgan fingerprint density at radius 1 is 0.559 bits per heavy atom. The molecular weight excluding hydrogens is 439 g/mol. The van der Waals surface area contributed by atoms with Gasteiger partial charge >= 0.3 is 7.94 Å². The minimum Gasteiger partial charge on any atom is -0.173 e. The highest BCUT2D eigenvalue weighted by atomic mass is 31.2. The minimum absolute atomic E-state index is 0.555. The van der Waals surface area contributed by atoms with Gasteiger partial charge in [-0.1, -0.05) is 118 Å². The molecule has 0 heterocycles. The van der Waals surface area contributed by atoms with Gasteiger partial charge in [-0.3, -0.25) is 0 Å². The average Bonchev–Trinajstić information content (AvgIpc) is 2.88. The zero-order chi connectivity index (χ0) is 25.1. The predicted octanol–water partition coefficient (Wildman–Crippen LogP) is 9.77. The van der Waals surface area contributed by atoms with Gasteiger partial charge in [0.2, 0.25) is 0 Å². The van der Waals surface area contributed by atoms with Crippen LogP contribution in [0.25, 0.3) is 0 Å². The van der Waals surface area contributed by atoms with Crippen molar-refractivity contribution in [3.05, 3.63) is 30.3 Å². The van der Waals surface area contributed by atoms with E-state index in [1.54, 1.807) is 0 Å². The summed E-state index contributed by atoms with van der Waals surface area (Å²) in [5.74, 6) is 1.66. The van der Waals surface area contributed by atoms with Gasteiger partial charge in [0.1, 0.15) is 19.8 Å². The van der Waals surface area contributed by atoms with Crippen LogP contribution in [-0.4, -0.2) is 19.8 Å². The van der Waals surface area contributed by atoms with Crippen molar-refractivity contribution >= 4 is 13.2 Å². The highest BCUT2D eigenvalue weighted by Gasteiger charge is 2.49. The molecule has 0 spiro atoms. The van der Waals surface area contributed by atoms with Crippen molar-refractivity contribution in [3.8, 4) is 0 Å². The summed E-state index contributed by atoms with van der Waals surface area (Å²) in [7, 11) is -2.65. The van der Waals surface area contributed by atoms with Crippen LogP contribution in [-0.2, 0) is 13.6 Å². The van der Waals surface area contributed by atoms with Gasteiger partial charge in [-0.15, -0.1) is 0 Å². The van der Waals surface area contributed by atoms with E-state index >= 15 is 0 Å². The summed E-state index contributed by atoms with van der Waals surface area (Å²) in [6.07, 6.45) is 14.5. The first-order chi connectivity index (χ1) is 16.6. The second kappa shape index (κ2) is 19.7. The molecule has 0 amide bonds. The standard InChI is InChI=1S/C30H56O3P/c1-7-13-19-27(10-4)24-31-34(30-22-17-16-18-23-30,32-25-28(11-5)20-14-8-2)33-26-29(12-6)21-15-9-3/h16-18,22-23,27-29H,7-15,19-21,24-26H2,1-6H3/q+1. The highest BCUT2D eigenvalue weighted by molar-refractivity contribution is 7.69. The largest absolute Gasteiger partial charge is 0.448 e. The molecular formula is C30H56O3P+. The quantitative estimate of drug-likeness (QED) is 0.150. The molecule has 0 radical (unpaired) electrons. The highest BCUT2D eigenvalue weighted by Crippen LogP contribution is 2.62. The summed E-state index contributed by atoms with van der Waals surface area (Å²) in [5.41, 5.74) is 0. The molecule has 0 N–H and O–H groups in total. The monoisotopic (exact) mass is 495 g/mol. The summed E-state index contributed by atoms with van der Waals surface area (Å²) >= 11 is 0. The van der Waals surface area contributed by atoms with Crippen LogP contribution in [0.5, 0.6) is 0 Å². The lowest BCUT2D eigenvalue weighted by atomic mass is 10.0. The third-order valence-electron chi connectivity index (χ3n) is 7.14. The van der Waals surface area contributed by atoms with Crippen LogP contribution in [0.1, 0.15) is 119 Å². The molecule has 4 heteroatoms. The van der Waals surface area contributed by atoms with E-state index in [0.29, 0.717) is 17.8 Å². The Labute approximate surface area is 213 Å². The van der Waals surface area contributed by atoms with Crippen LogP contribution >= 0.6 is 7.94 Å². The second-order valence-corrected chi connectivity index (χ2v) is 12.3. The molecule has 34 heavy (non-hydrogen) atoms. The molecule has 3 unspecified atom stereocenters. The van der Waals surface area contributed by atoms with Gasteiger partial charge in [0.25, 0.3) is 0 Å². The number of unbranched alkanes of at least 4 members (excludes halogenated alkanes) is 3. The normalized spacial score (nSPS) is 16.2. The molecule has 3 nitrogen and oxygen atoms in total. The van der Waals surface area contributed by atoms with Crippen molar-refractivity contribution in [3.63, 3.8) is 0 Å². The molecule has 1 aromatic rings. The fourth-order valence-corrected chi connectivity index (χ4v) is 6.68. The van der Waals surface area contributed by atoms with Crippen molar-refractivity contribution < 1.29 is 13.6 Å². The lowest BCUT2D eigenvalue weighted by Gasteiger charge is -2.27. The maximum Gasteiger partial charge on any atom is 0.448 e. The molecule has 1 aromatic carbocycles. The van der Waals surface area contributed by atoms with E-state index in [1.807, 2.05) is 0 Å². The van der Waals surface area contributed by atoms with Gasteiger partial charge in [-0.05, 0) is 49.1 Å².